The molecule has 0 fully saturated rings. The SMILES string of the molecule is Cc1nn(-c2ccccc2)c2c1nc(CCC(=O)Nc1cccc(F)c1)c(=O)n2C. The van der Waals surface area contributed by atoms with Crippen molar-refractivity contribution in [3.63, 3.8) is 0 Å². The lowest BCUT2D eigenvalue weighted by molar-refractivity contribution is -0.116. The zero-order chi connectivity index (χ0) is 21.3. The van der Waals surface area contributed by atoms with E-state index in [9.17, 15) is 14.0 Å². The minimum Gasteiger partial charge on any atom is -0.326 e. The number of carbonyl (C=O) groups is 1. The third-order valence-corrected chi connectivity index (χ3v) is 4.82. The quantitative estimate of drug-likeness (QED) is 0.553. The van der Waals surface area contributed by atoms with Crippen LogP contribution < -0.4 is 10.9 Å². The predicted molar refractivity (Wildman–Crippen MR) is 112 cm³/mol. The van der Waals surface area contributed by atoms with Gasteiger partial charge >= 0.3 is 0 Å². The molecule has 0 aliphatic heterocycles. The summed E-state index contributed by atoms with van der Waals surface area (Å²) in [6, 6.07) is 15.2. The minimum absolute atomic E-state index is 0.0517. The zero-order valence-electron chi connectivity index (χ0n) is 16.6. The number of carbonyl (C=O) groups excluding carboxylic acids is 1. The average molecular weight is 405 g/mol. The summed E-state index contributed by atoms with van der Waals surface area (Å²) in [6.07, 6.45) is 0.218. The van der Waals surface area contributed by atoms with E-state index >= 15 is 0 Å². The molecule has 152 valence electrons. The number of hydrogen-bond acceptors (Lipinski definition) is 4. The van der Waals surface area contributed by atoms with Gasteiger partial charge in [-0.25, -0.2) is 14.1 Å². The van der Waals surface area contributed by atoms with Crippen molar-refractivity contribution in [2.75, 3.05) is 5.32 Å². The number of halogens is 1. The molecule has 30 heavy (non-hydrogen) atoms. The van der Waals surface area contributed by atoms with Crippen molar-refractivity contribution in [2.24, 2.45) is 7.05 Å². The number of benzene rings is 2. The van der Waals surface area contributed by atoms with Crippen LogP contribution in [0.4, 0.5) is 10.1 Å². The number of aromatic nitrogens is 4. The van der Waals surface area contributed by atoms with Gasteiger partial charge in [0.25, 0.3) is 5.56 Å². The van der Waals surface area contributed by atoms with Crippen LogP contribution >= 0.6 is 0 Å². The number of hydrogen-bond donors (Lipinski definition) is 1. The second-order valence-electron chi connectivity index (χ2n) is 6.99. The van der Waals surface area contributed by atoms with E-state index < -0.39 is 5.82 Å². The Balaban J connectivity index is 1.61. The van der Waals surface area contributed by atoms with Crippen LogP contribution in [0.15, 0.2) is 59.4 Å². The first-order valence-electron chi connectivity index (χ1n) is 9.50. The first kappa shape index (κ1) is 19.5. The highest BCUT2D eigenvalue weighted by Gasteiger charge is 2.18. The minimum atomic E-state index is -0.431. The lowest BCUT2D eigenvalue weighted by Gasteiger charge is -2.09. The van der Waals surface area contributed by atoms with Gasteiger partial charge in [0.15, 0.2) is 5.65 Å². The Bertz CT molecular complexity index is 1290. The lowest BCUT2D eigenvalue weighted by Crippen LogP contribution is -2.25. The number of nitrogens with one attached hydrogen (secondary N) is 1. The van der Waals surface area contributed by atoms with E-state index in [0.29, 0.717) is 22.5 Å². The number of fused-ring (bicyclic) bond motifs is 1. The van der Waals surface area contributed by atoms with Crippen molar-refractivity contribution in [2.45, 2.75) is 19.8 Å². The Morgan fingerprint density at radius 2 is 1.90 bits per heavy atom. The summed E-state index contributed by atoms with van der Waals surface area (Å²) in [7, 11) is 1.67. The molecule has 0 aliphatic carbocycles. The van der Waals surface area contributed by atoms with E-state index in [-0.39, 0.29) is 30.0 Å². The molecule has 0 radical (unpaired) electrons. The molecule has 8 heteroatoms. The fraction of sp³-hybridized carbons (Fsp3) is 0.182. The van der Waals surface area contributed by atoms with Gasteiger partial charge in [0.05, 0.1) is 11.4 Å². The Labute approximate surface area is 171 Å². The van der Waals surface area contributed by atoms with Crippen LogP contribution in [-0.4, -0.2) is 25.2 Å². The van der Waals surface area contributed by atoms with Gasteiger partial charge in [-0.15, -0.1) is 0 Å². The van der Waals surface area contributed by atoms with Crippen LogP contribution in [0.3, 0.4) is 0 Å². The highest BCUT2D eigenvalue weighted by atomic mass is 19.1. The molecule has 7 nitrogen and oxygen atoms in total. The maximum Gasteiger partial charge on any atom is 0.273 e. The highest BCUT2D eigenvalue weighted by molar-refractivity contribution is 5.90. The Morgan fingerprint density at radius 1 is 1.13 bits per heavy atom. The van der Waals surface area contributed by atoms with Gasteiger partial charge in [0.1, 0.15) is 17.0 Å². The molecule has 0 saturated heterocycles. The highest BCUT2D eigenvalue weighted by Crippen LogP contribution is 2.19. The van der Waals surface area contributed by atoms with E-state index in [1.54, 1.807) is 17.8 Å². The van der Waals surface area contributed by atoms with Crippen LogP contribution in [0.25, 0.3) is 16.9 Å². The molecule has 2 heterocycles. The summed E-state index contributed by atoms with van der Waals surface area (Å²) in [5.41, 5.74) is 3.10. The van der Waals surface area contributed by atoms with E-state index in [1.165, 1.54) is 22.8 Å². The zero-order valence-corrected chi connectivity index (χ0v) is 16.6. The first-order valence-corrected chi connectivity index (χ1v) is 9.50. The first-order chi connectivity index (χ1) is 14.4. The third-order valence-electron chi connectivity index (χ3n) is 4.82. The number of anilines is 1. The number of rotatable bonds is 5. The van der Waals surface area contributed by atoms with Crippen molar-refractivity contribution < 1.29 is 9.18 Å². The van der Waals surface area contributed by atoms with Crippen molar-refractivity contribution >= 4 is 22.8 Å². The Hall–Kier alpha value is -3.81. The maximum atomic E-state index is 13.3. The number of amides is 1. The molecule has 2 aromatic carbocycles. The second-order valence-corrected chi connectivity index (χ2v) is 6.99. The van der Waals surface area contributed by atoms with E-state index in [2.05, 4.69) is 15.4 Å². The molecule has 4 rings (SSSR count). The molecule has 1 N–H and O–H groups in total. The molecule has 0 spiro atoms. The van der Waals surface area contributed by atoms with Crippen LogP contribution in [0.2, 0.25) is 0 Å². The number of aryl methyl sites for hydroxylation is 3. The lowest BCUT2D eigenvalue weighted by atomic mass is 10.2. The molecular weight excluding hydrogens is 385 g/mol. The summed E-state index contributed by atoms with van der Waals surface area (Å²) in [6.45, 7) is 1.83. The van der Waals surface area contributed by atoms with Crippen LogP contribution in [-0.2, 0) is 18.3 Å². The summed E-state index contributed by atoms with van der Waals surface area (Å²) in [5.74, 6) is -0.749. The second kappa shape index (κ2) is 7.90. The molecule has 2 aromatic heterocycles. The summed E-state index contributed by atoms with van der Waals surface area (Å²) < 4.78 is 16.5. The number of para-hydroxylation sites is 1. The molecule has 0 bridgehead atoms. The monoisotopic (exact) mass is 405 g/mol. The molecule has 1 amide bonds. The Kier molecular flexibility index (Phi) is 5.14. The van der Waals surface area contributed by atoms with Gasteiger partial charge in [0, 0.05) is 25.6 Å². The standard InChI is InChI=1S/C22H20FN5O2/c1-14-20-21(28(26-14)17-9-4-3-5-10-17)27(2)22(30)18(25-20)11-12-19(29)24-16-8-6-7-15(23)13-16/h3-10,13H,11-12H2,1-2H3,(H,24,29). The van der Waals surface area contributed by atoms with Gasteiger partial charge in [-0.05, 0) is 37.3 Å². The van der Waals surface area contributed by atoms with Crippen molar-refractivity contribution in [3.8, 4) is 5.69 Å². The topological polar surface area (TPSA) is 81.8 Å². The largest absolute Gasteiger partial charge is 0.326 e. The van der Waals surface area contributed by atoms with E-state index in [1.807, 2.05) is 37.3 Å². The Morgan fingerprint density at radius 3 is 2.63 bits per heavy atom. The normalized spacial score (nSPS) is 11.0. The summed E-state index contributed by atoms with van der Waals surface area (Å²) >= 11 is 0. The molecule has 0 saturated carbocycles. The van der Waals surface area contributed by atoms with Crippen molar-refractivity contribution in [1.29, 1.82) is 0 Å². The van der Waals surface area contributed by atoms with Gasteiger partial charge in [0.2, 0.25) is 5.91 Å². The van der Waals surface area contributed by atoms with Crippen LogP contribution in [0.5, 0.6) is 0 Å². The molecule has 0 atom stereocenters. The van der Waals surface area contributed by atoms with Crippen LogP contribution in [0, 0.1) is 12.7 Å². The molecule has 0 aliphatic rings. The van der Waals surface area contributed by atoms with Crippen LogP contribution in [0.1, 0.15) is 17.8 Å². The van der Waals surface area contributed by atoms with E-state index in [0.717, 1.165) is 5.69 Å². The van der Waals surface area contributed by atoms with Gasteiger partial charge in [-0.2, -0.15) is 5.10 Å². The smallest absolute Gasteiger partial charge is 0.273 e. The number of nitrogens with zero attached hydrogens (tertiary/aromatic N) is 4. The third kappa shape index (κ3) is 3.71. The maximum absolute atomic E-state index is 13.3. The van der Waals surface area contributed by atoms with Gasteiger partial charge in [-0.3, -0.25) is 14.2 Å². The average Bonchev–Trinajstić information content (AvgIpc) is 3.07. The van der Waals surface area contributed by atoms with Gasteiger partial charge in [-0.1, -0.05) is 24.3 Å². The van der Waals surface area contributed by atoms with E-state index in [4.69, 9.17) is 0 Å². The van der Waals surface area contributed by atoms with Crippen molar-refractivity contribution in [1.82, 2.24) is 19.3 Å². The van der Waals surface area contributed by atoms with Crippen molar-refractivity contribution in [3.05, 3.63) is 82.2 Å². The molecule has 4 aromatic rings. The predicted octanol–water partition coefficient (Wildman–Crippen LogP) is 3.14. The molecule has 0 unspecified atom stereocenters. The fourth-order valence-corrected chi connectivity index (χ4v) is 3.34. The molecular formula is C22H20FN5O2. The summed E-state index contributed by atoms with van der Waals surface area (Å²) in [5, 5.41) is 7.17. The van der Waals surface area contributed by atoms with Gasteiger partial charge < -0.3 is 5.32 Å². The summed E-state index contributed by atoms with van der Waals surface area (Å²) in [4.78, 5) is 29.6. The fourth-order valence-electron chi connectivity index (χ4n) is 3.34.